The van der Waals surface area contributed by atoms with Crippen LogP contribution in [-0.2, 0) is 0 Å². The van der Waals surface area contributed by atoms with Crippen molar-refractivity contribution in [2.75, 3.05) is 18.7 Å². The summed E-state index contributed by atoms with van der Waals surface area (Å²) in [6.07, 6.45) is 10.4. The van der Waals surface area contributed by atoms with Crippen molar-refractivity contribution in [3.63, 3.8) is 0 Å². The molecule has 0 bridgehead atoms. The van der Waals surface area contributed by atoms with Gasteiger partial charge in [-0.15, -0.1) is 11.6 Å². The Hall–Kier alpha value is 0.340. The summed E-state index contributed by atoms with van der Waals surface area (Å²) in [6.45, 7) is 0.971. The molecule has 0 aliphatic heterocycles. The van der Waals surface area contributed by atoms with Gasteiger partial charge in [-0.05, 0) is 25.5 Å². The first kappa shape index (κ1) is 11.4. The lowest BCUT2D eigenvalue weighted by molar-refractivity contribution is 0.557. The van der Waals surface area contributed by atoms with Gasteiger partial charge in [0.25, 0.3) is 0 Å². The molecule has 1 aliphatic rings. The summed E-state index contributed by atoms with van der Waals surface area (Å²) in [5, 5.41) is 4.41. The fourth-order valence-corrected chi connectivity index (χ4v) is 2.64. The maximum Gasteiger partial charge on any atom is 0.0404 e. The van der Waals surface area contributed by atoms with Crippen LogP contribution in [0.3, 0.4) is 0 Å². The summed E-state index contributed by atoms with van der Waals surface area (Å²) in [6, 6.07) is 0.734. The summed E-state index contributed by atoms with van der Waals surface area (Å²) < 4.78 is 0. The minimum Gasteiger partial charge on any atom is -0.310 e. The van der Waals surface area contributed by atoms with Gasteiger partial charge < -0.3 is 5.32 Å². The SMILES string of the molecule is CSC1CCC(NC/C=C/CCl)C1. The molecule has 1 rings (SSSR count). The second-order valence-electron chi connectivity index (χ2n) is 3.40. The van der Waals surface area contributed by atoms with Crippen molar-refractivity contribution in [3.05, 3.63) is 12.2 Å². The van der Waals surface area contributed by atoms with Crippen LogP contribution in [0.25, 0.3) is 0 Å². The quantitative estimate of drug-likeness (QED) is 0.564. The number of hydrogen-bond acceptors (Lipinski definition) is 2. The van der Waals surface area contributed by atoms with E-state index in [1.807, 2.05) is 17.8 Å². The maximum absolute atomic E-state index is 5.52. The fraction of sp³-hybridized carbons (Fsp3) is 0.800. The summed E-state index contributed by atoms with van der Waals surface area (Å²) in [5.41, 5.74) is 0. The van der Waals surface area contributed by atoms with Crippen LogP contribution in [0.1, 0.15) is 19.3 Å². The van der Waals surface area contributed by atoms with Crippen molar-refractivity contribution in [1.29, 1.82) is 0 Å². The van der Waals surface area contributed by atoms with Gasteiger partial charge in [0.05, 0.1) is 0 Å². The van der Waals surface area contributed by atoms with Crippen molar-refractivity contribution < 1.29 is 0 Å². The number of nitrogens with one attached hydrogen (secondary N) is 1. The molecular weight excluding hydrogens is 202 g/mol. The van der Waals surface area contributed by atoms with E-state index in [9.17, 15) is 0 Å². The molecule has 0 heterocycles. The molecule has 2 unspecified atom stereocenters. The molecular formula is C10H18ClNS. The minimum absolute atomic E-state index is 0.625. The first-order valence-corrected chi connectivity index (χ1v) is 6.66. The predicted molar refractivity (Wildman–Crippen MR) is 62.8 cm³/mol. The Kier molecular flexibility index (Phi) is 5.92. The molecule has 1 N–H and O–H groups in total. The second kappa shape index (κ2) is 6.74. The first-order valence-electron chi connectivity index (χ1n) is 4.84. The number of thioether (sulfide) groups is 1. The molecule has 0 radical (unpaired) electrons. The third-order valence-corrected chi connectivity index (χ3v) is 3.77. The number of halogens is 1. The highest BCUT2D eigenvalue weighted by atomic mass is 35.5. The van der Waals surface area contributed by atoms with E-state index in [1.54, 1.807) is 0 Å². The van der Waals surface area contributed by atoms with E-state index < -0.39 is 0 Å². The molecule has 0 aromatic carbocycles. The zero-order valence-electron chi connectivity index (χ0n) is 8.13. The van der Waals surface area contributed by atoms with Crippen LogP contribution < -0.4 is 5.32 Å². The zero-order valence-corrected chi connectivity index (χ0v) is 9.70. The predicted octanol–water partition coefficient (Wildman–Crippen LogP) is 2.66. The summed E-state index contributed by atoms with van der Waals surface area (Å²) in [7, 11) is 0. The monoisotopic (exact) mass is 219 g/mol. The van der Waals surface area contributed by atoms with Crippen LogP contribution in [0, 0.1) is 0 Å². The van der Waals surface area contributed by atoms with E-state index in [4.69, 9.17) is 11.6 Å². The molecule has 0 spiro atoms. The summed E-state index contributed by atoms with van der Waals surface area (Å²) >= 11 is 7.53. The van der Waals surface area contributed by atoms with Crippen molar-refractivity contribution in [2.24, 2.45) is 0 Å². The van der Waals surface area contributed by atoms with E-state index in [0.29, 0.717) is 5.88 Å². The molecule has 76 valence electrons. The lowest BCUT2D eigenvalue weighted by Gasteiger charge is -2.10. The fourth-order valence-electron chi connectivity index (χ4n) is 1.72. The van der Waals surface area contributed by atoms with Gasteiger partial charge in [0.2, 0.25) is 0 Å². The van der Waals surface area contributed by atoms with Gasteiger partial charge in [0, 0.05) is 23.7 Å². The standard InChI is InChI=1S/C10H18ClNS/c1-13-10-5-4-9(8-10)12-7-3-2-6-11/h2-3,9-10,12H,4-8H2,1H3/b3-2+. The van der Waals surface area contributed by atoms with Crippen LogP contribution in [0.2, 0.25) is 0 Å². The Morgan fingerprint density at radius 3 is 2.92 bits per heavy atom. The van der Waals surface area contributed by atoms with Crippen LogP contribution in [0.4, 0.5) is 0 Å². The van der Waals surface area contributed by atoms with Gasteiger partial charge in [-0.25, -0.2) is 0 Å². The zero-order chi connectivity index (χ0) is 9.52. The topological polar surface area (TPSA) is 12.0 Å². The molecule has 0 aromatic heterocycles. The third kappa shape index (κ3) is 4.39. The number of hydrogen-bond donors (Lipinski definition) is 1. The Bertz CT molecular complexity index is 161. The molecule has 1 saturated carbocycles. The largest absolute Gasteiger partial charge is 0.310 e. The number of rotatable bonds is 5. The molecule has 2 atom stereocenters. The number of allylic oxidation sites excluding steroid dienone is 1. The summed E-state index contributed by atoms with van der Waals surface area (Å²) in [4.78, 5) is 0. The Labute approximate surface area is 90.3 Å². The molecule has 0 saturated heterocycles. The van der Waals surface area contributed by atoms with Gasteiger partial charge in [0.1, 0.15) is 0 Å². The van der Waals surface area contributed by atoms with E-state index in [0.717, 1.165) is 17.8 Å². The first-order chi connectivity index (χ1) is 6.36. The third-order valence-electron chi connectivity index (χ3n) is 2.50. The molecule has 13 heavy (non-hydrogen) atoms. The summed E-state index contributed by atoms with van der Waals surface area (Å²) in [5.74, 6) is 0.625. The van der Waals surface area contributed by atoms with Crippen LogP contribution in [0.5, 0.6) is 0 Å². The number of alkyl halides is 1. The van der Waals surface area contributed by atoms with E-state index in [1.165, 1.54) is 19.3 Å². The molecule has 0 aromatic rings. The van der Waals surface area contributed by atoms with Crippen molar-refractivity contribution in [2.45, 2.75) is 30.6 Å². The Morgan fingerprint density at radius 2 is 2.31 bits per heavy atom. The maximum atomic E-state index is 5.52. The highest BCUT2D eigenvalue weighted by Gasteiger charge is 2.22. The Morgan fingerprint density at radius 1 is 1.46 bits per heavy atom. The van der Waals surface area contributed by atoms with Crippen LogP contribution in [0.15, 0.2) is 12.2 Å². The van der Waals surface area contributed by atoms with E-state index in [2.05, 4.69) is 17.6 Å². The van der Waals surface area contributed by atoms with Gasteiger partial charge in [-0.3, -0.25) is 0 Å². The second-order valence-corrected chi connectivity index (χ2v) is 4.85. The lowest BCUT2D eigenvalue weighted by Crippen LogP contribution is -2.26. The van der Waals surface area contributed by atoms with Gasteiger partial charge >= 0.3 is 0 Å². The van der Waals surface area contributed by atoms with Crippen molar-refractivity contribution in [1.82, 2.24) is 5.32 Å². The average molecular weight is 220 g/mol. The highest BCUT2D eigenvalue weighted by molar-refractivity contribution is 7.99. The van der Waals surface area contributed by atoms with Crippen molar-refractivity contribution in [3.8, 4) is 0 Å². The highest BCUT2D eigenvalue weighted by Crippen LogP contribution is 2.27. The van der Waals surface area contributed by atoms with Gasteiger partial charge in [-0.2, -0.15) is 11.8 Å². The molecule has 0 amide bonds. The van der Waals surface area contributed by atoms with E-state index >= 15 is 0 Å². The normalized spacial score (nSPS) is 28.8. The van der Waals surface area contributed by atoms with Crippen LogP contribution in [-0.4, -0.2) is 30.0 Å². The minimum atomic E-state index is 0.625. The molecule has 1 aliphatic carbocycles. The Balaban J connectivity index is 2.06. The van der Waals surface area contributed by atoms with Crippen LogP contribution >= 0.6 is 23.4 Å². The molecule has 1 nitrogen and oxygen atoms in total. The average Bonchev–Trinajstić information content (AvgIpc) is 2.60. The van der Waals surface area contributed by atoms with E-state index in [-0.39, 0.29) is 0 Å². The molecule has 1 fully saturated rings. The van der Waals surface area contributed by atoms with Gasteiger partial charge in [0.15, 0.2) is 0 Å². The van der Waals surface area contributed by atoms with Gasteiger partial charge in [-0.1, -0.05) is 12.2 Å². The van der Waals surface area contributed by atoms with Crippen molar-refractivity contribution >= 4 is 23.4 Å². The smallest absolute Gasteiger partial charge is 0.0404 e. The molecule has 3 heteroatoms. The lowest BCUT2D eigenvalue weighted by atomic mass is 10.2.